The second kappa shape index (κ2) is 3.09. The molecule has 1 aliphatic rings. The Hall–Kier alpha value is -1.36. The smallest absolute Gasteiger partial charge is 0.233 e. The molecule has 2 rings (SSSR count). The molecule has 1 amide bonds. The summed E-state index contributed by atoms with van der Waals surface area (Å²) < 4.78 is 1.63. The molecule has 3 N–H and O–H groups in total. The van der Waals surface area contributed by atoms with Gasteiger partial charge in [-0.15, -0.1) is 0 Å². The van der Waals surface area contributed by atoms with E-state index in [2.05, 4.69) is 10.4 Å². The van der Waals surface area contributed by atoms with Crippen molar-refractivity contribution in [2.45, 2.75) is 12.8 Å². The molecule has 1 aromatic heterocycles. The Morgan fingerprint density at radius 2 is 2.50 bits per heavy atom. The molecule has 0 radical (unpaired) electrons. The summed E-state index contributed by atoms with van der Waals surface area (Å²) in [5, 5.41) is 6.79. The SMILES string of the molecule is Cn1nccc1NC(=O)C1(CN)CC1. The zero-order chi connectivity index (χ0) is 10.2. The van der Waals surface area contributed by atoms with E-state index >= 15 is 0 Å². The number of nitrogens with zero attached hydrogens (tertiary/aromatic N) is 2. The highest BCUT2D eigenvalue weighted by atomic mass is 16.2. The van der Waals surface area contributed by atoms with E-state index in [9.17, 15) is 4.79 Å². The van der Waals surface area contributed by atoms with Crippen LogP contribution in [0.1, 0.15) is 12.8 Å². The van der Waals surface area contributed by atoms with E-state index in [4.69, 9.17) is 5.73 Å². The van der Waals surface area contributed by atoms with Crippen molar-refractivity contribution in [3.63, 3.8) is 0 Å². The third-order valence-corrected chi connectivity index (χ3v) is 2.79. The maximum Gasteiger partial charge on any atom is 0.233 e. The van der Waals surface area contributed by atoms with Gasteiger partial charge >= 0.3 is 0 Å². The van der Waals surface area contributed by atoms with Crippen LogP contribution in [-0.4, -0.2) is 22.2 Å². The van der Waals surface area contributed by atoms with Crippen LogP contribution in [0.25, 0.3) is 0 Å². The maximum absolute atomic E-state index is 11.7. The topological polar surface area (TPSA) is 72.9 Å². The largest absolute Gasteiger partial charge is 0.329 e. The molecule has 0 bridgehead atoms. The van der Waals surface area contributed by atoms with Crippen LogP contribution in [0.15, 0.2) is 12.3 Å². The van der Waals surface area contributed by atoms with E-state index in [1.54, 1.807) is 24.0 Å². The fraction of sp³-hybridized carbons (Fsp3) is 0.556. The Morgan fingerprint density at radius 3 is 2.93 bits per heavy atom. The number of anilines is 1. The molecule has 1 heterocycles. The summed E-state index contributed by atoms with van der Waals surface area (Å²) in [4.78, 5) is 11.7. The fourth-order valence-corrected chi connectivity index (χ4v) is 1.42. The van der Waals surface area contributed by atoms with Crippen LogP contribution in [-0.2, 0) is 11.8 Å². The van der Waals surface area contributed by atoms with Crippen LogP contribution in [0.2, 0.25) is 0 Å². The lowest BCUT2D eigenvalue weighted by Gasteiger charge is -2.12. The molecule has 14 heavy (non-hydrogen) atoms. The van der Waals surface area contributed by atoms with Gasteiger partial charge in [0.25, 0.3) is 0 Å². The van der Waals surface area contributed by atoms with Gasteiger partial charge in [-0.1, -0.05) is 0 Å². The maximum atomic E-state index is 11.7. The van der Waals surface area contributed by atoms with Crippen LogP contribution in [0.5, 0.6) is 0 Å². The summed E-state index contributed by atoms with van der Waals surface area (Å²) >= 11 is 0. The van der Waals surface area contributed by atoms with Crippen molar-refractivity contribution >= 4 is 11.7 Å². The highest BCUT2D eigenvalue weighted by molar-refractivity contribution is 5.96. The minimum atomic E-state index is -0.301. The lowest BCUT2D eigenvalue weighted by Crippen LogP contribution is -2.31. The van der Waals surface area contributed by atoms with Gasteiger partial charge in [0.1, 0.15) is 5.82 Å². The minimum Gasteiger partial charge on any atom is -0.329 e. The van der Waals surface area contributed by atoms with Crippen molar-refractivity contribution in [1.29, 1.82) is 0 Å². The number of carbonyl (C=O) groups excluding carboxylic acids is 1. The van der Waals surface area contributed by atoms with Gasteiger partial charge in [0.15, 0.2) is 0 Å². The number of carbonyl (C=O) groups is 1. The second-order valence-corrected chi connectivity index (χ2v) is 3.78. The van der Waals surface area contributed by atoms with E-state index in [1.807, 2.05) is 0 Å². The molecular weight excluding hydrogens is 180 g/mol. The van der Waals surface area contributed by atoms with Crippen LogP contribution in [0, 0.1) is 5.41 Å². The summed E-state index contributed by atoms with van der Waals surface area (Å²) in [5.74, 6) is 0.735. The molecule has 0 spiro atoms. The molecule has 0 saturated heterocycles. The summed E-state index contributed by atoms with van der Waals surface area (Å²) in [6.07, 6.45) is 3.44. The van der Waals surface area contributed by atoms with Crippen LogP contribution in [0.4, 0.5) is 5.82 Å². The first-order chi connectivity index (χ1) is 6.68. The second-order valence-electron chi connectivity index (χ2n) is 3.78. The molecule has 0 atom stereocenters. The number of hydrogen-bond donors (Lipinski definition) is 2. The minimum absolute atomic E-state index is 0.0172. The Labute approximate surface area is 82.3 Å². The van der Waals surface area contributed by atoms with Crippen molar-refractivity contribution < 1.29 is 4.79 Å². The third-order valence-electron chi connectivity index (χ3n) is 2.79. The predicted octanol–water partition coefficient (Wildman–Crippen LogP) is 0.0975. The lowest BCUT2D eigenvalue weighted by molar-refractivity contribution is -0.120. The van der Waals surface area contributed by atoms with Gasteiger partial charge in [-0.3, -0.25) is 9.48 Å². The zero-order valence-electron chi connectivity index (χ0n) is 8.16. The number of nitrogens with two attached hydrogens (primary N) is 1. The summed E-state index contributed by atoms with van der Waals surface area (Å²) in [7, 11) is 1.79. The molecule has 76 valence electrons. The van der Waals surface area contributed by atoms with Crippen LogP contribution in [0.3, 0.4) is 0 Å². The first-order valence-electron chi connectivity index (χ1n) is 4.67. The molecule has 5 heteroatoms. The van der Waals surface area contributed by atoms with Gasteiger partial charge in [0, 0.05) is 19.7 Å². The summed E-state index contributed by atoms with van der Waals surface area (Å²) in [5.41, 5.74) is 5.25. The lowest BCUT2D eigenvalue weighted by atomic mass is 10.1. The summed E-state index contributed by atoms with van der Waals surface area (Å²) in [6, 6.07) is 1.77. The Balaban J connectivity index is 2.05. The monoisotopic (exact) mass is 194 g/mol. The predicted molar refractivity (Wildman–Crippen MR) is 52.6 cm³/mol. The average molecular weight is 194 g/mol. The Morgan fingerprint density at radius 1 is 1.79 bits per heavy atom. The van der Waals surface area contributed by atoms with E-state index < -0.39 is 0 Å². The normalized spacial score (nSPS) is 17.9. The number of rotatable bonds is 3. The van der Waals surface area contributed by atoms with E-state index in [-0.39, 0.29) is 11.3 Å². The molecule has 1 aliphatic carbocycles. The average Bonchev–Trinajstić information content (AvgIpc) is 2.89. The highest BCUT2D eigenvalue weighted by Crippen LogP contribution is 2.45. The number of aryl methyl sites for hydroxylation is 1. The highest BCUT2D eigenvalue weighted by Gasteiger charge is 2.48. The summed E-state index contributed by atoms with van der Waals surface area (Å²) in [6.45, 7) is 0.427. The molecular formula is C9H14N4O. The van der Waals surface area contributed by atoms with E-state index in [1.165, 1.54) is 0 Å². The molecule has 1 aromatic rings. The quantitative estimate of drug-likeness (QED) is 0.716. The van der Waals surface area contributed by atoms with Gasteiger partial charge in [-0.05, 0) is 12.8 Å². The van der Waals surface area contributed by atoms with Crippen molar-refractivity contribution in [2.24, 2.45) is 18.2 Å². The van der Waals surface area contributed by atoms with E-state index in [0.29, 0.717) is 6.54 Å². The molecule has 1 fully saturated rings. The number of hydrogen-bond acceptors (Lipinski definition) is 3. The van der Waals surface area contributed by atoms with Crippen molar-refractivity contribution in [2.75, 3.05) is 11.9 Å². The van der Waals surface area contributed by atoms with E-state index in [0.717, 1.165) is 18.7 Å². The van der Waals surface area contributed by atoms with Crippen molar-refractivity contribution in [3.05, 3.63) is 12.3 Å². The van der Waals surface area contributed by atoms with Gasteiger partial charge in [-0.2, -0.15) is 5.10 Å². The van der Waals surface area contributed by atoms with Crippen LogP contribution < -0.4 is 11.1 Å². The van der Waals surface area contributed by atoms with Gasteiger partial charge in [0.05, 0.1) is 11.6 Å². The first-order valence-corrected chi connectivity index (χ1v) is 4.67. The van der Waals surface area contributed by atoms with Gasteiger partial charge < -0.3 is 11.1 Å². The Bertz CT molecular complexity index is 353. The number of aromatic nitrogens is 2. The fourth-order valence-electron chi connectivity index (χ4n) is 1.42. The zero-order valence-corrected chi connectivity index (χ0v) is 8.16. The Kier molecular flexibility index (Phi) is 2.03. The first kappa shape index (κ1) is 9.21. The molecule has 0 aliphatic heterocycles. The molecule has 5 nitrogen and oxygen atoms in total. The molecule has 0 unspecified atom stereocenters. The van der Waals surface area contributed by atoms with Crippen molar-refractivity contribution in [3.8, 4) is 0 Å². The van der Waals surface area contributed by atoms with Crippen LogP contribution >= 0.6 is 0 Å². The van der Waals surface area contributed by atoms with Gasteiger partial charge in [-0.25, -0.2) is 0 Å². The number of nitrogens with one attached hydrogen (secondary N) is 1. The standard InChI is InChI=1S/C9H14N4O/c1-13-7(2-5-11-13)12-8(14)9(6-10)3-4-9/h2,5H,3-4,6,10H2,1H3,(H,12,14). The third kappa shape index (κ3) is 1.39. The molecule has 0 aromatic carbocycles. The number of amides is 1. The van der Waals surface area contributed by atoms with Crippen molar-refractivity contribution in [1.82, 2.24) is 9.78 Å². The molecule has 1 saturated carbocycles. The van der Waals surface area contributed by atoms with Gasteiger partial charge in [0.2, 0.25) is 5.91 Å².